The van der Waals surface area contributed by atoms with Crippen LogP contribution in [-0.2, 0) is 0 Å². The summed E-state index contributed by atoms with van der Waals surface area (Å²) in [6.07, 6.45) is 1.59. The Labute approximate surface area is 132 Å². The number of nitrogens with zero attached hydrogens (tertiary/aromatic N) is 2. The van der Waals surface area contributed by atoms with Crippen LogP contribution < -0.4 is 5.32 Å². The number of halogens is 1. The van der Waals surface area contributed by atoms with Crippen molar-refractivity contribution in [3.63, 3.8) is 0 Å². The number of anilines is 1. The van der Waals surface area contributed by atoms with Crippen LogP contribution in [0, 0.1) is 18.3 Å². The fourth-order valence-corrected chi connectivity index (χ4v) is 2.21. The fourth-order valence-electron chi connectivity index (χ4n) is 2.04. The molecule has 0 unspecified atom stereocenters. The van der Waals surface area contributed by atoms with Crippen molar-refractivity contribution in [3.8, 4) is 6.07 Å². The number of benzene rings is 2. The zero-order valence-corrected chi connectivity index (χ0v) is 12.6. The van der Waals surface area contributed by atoms with Gasteiger partial charge in [-0.25, -0.2) is 4.98 Å². The van der Waals surface area contributed by atoms with Crippen molar-refractivity contribution < 1.29 is 4.42 Å². The number of allylic oxidation sites excluding steroid dienone is 1. The maximum atomic E-state index is 9.32. The Balaban J connectivity index is 1.94. The van der Waals surface area contributed by atoms with Crippen molar-refractivity contribution in [2.75, 3.05) is 5.32 Å². The van der Waals surface area contributed by atoms with Gasteiger partial charge in [0.1, 0.15) is 17.2 Å². The Bertz CT molecular complexity index is 906. The Morgan fingerprint density at radius 3 is 2.91 bits per heavy atom. The summed E-state index contributed by atoms with van der Waals surface area (Å²) in [6, 6.07) is 15.1. The second-order valence-electron chi connectivity index (χ2n) is 4.76. The molecule has 1 heterocycles. The number of hydrogen-bond donors (Lipinski definition) is 1. The summed E-state index contributed by atoms with van der Waals surface area (Å²) in [5, 5.41) is 13.0. The highest BCUT2D eigenvalue weighted by atomic mass is 35.5. The number of rotatable bonds is 3. The standard InChI is InChI=1S/C17H12ClN3O/c1-11-4-2-3-5-14(11)20-10-12(9-19)17-21-15-8-13(18)6-7-16(15)22-17/h2-8,10,20H,1H3/b12-10+. The van der Waals surface area contributed by atoms with Crippen LogP contribution in [-0.4, -0.2) is 4.98 Å². The molecule has 1 N–H and O–H groups in total. The predicted octanol–water partition coefficient (Wildman–Crippen LogP) is 4.77. The smallest absolute Gasteiger partial charge is 0.239 e. The van der Waals surface area contributed by atoms with Crippen molar-refractivity contribution in [3.05, 3.63) is 65.1 Å². The molecule has 5 heteroatoms. The van der Waals surface area contributed by atoms with E-state index in [1.165, 1.54) is 0 Å². The van der Waals surface area contributed by atoms with Crippen LogP contribution in [0.2, 0.25) is 5.02 Å². The molecule has 3 aromatic rings. The lowest BCUT2D eigenvalue weighted by atomic mass is 10.2. The Morgan fingerprint density at radius 2 is 2.14 bits per heavy atom. The average molecular weight is 310 g/mol. The molecule has 0 aliphatic rings. The van der Waals surface area contributed by atoms with Gasteiger partial charge in [-0.05, 0) is 36.8 Å². The molecular formula is C17H12ClN3O. The second kappa shape index (κ2) is 5.92. The highest BCUT2D eigenvalue weighted by molar-refractivity contribution is 6.31. The number of oxazole rings is 1. The number of aryl methyl sites for hydroxylation is 1. The van der Waals surface area contributed by atoms with E-state index in [1.807, 2.05) is 31.2 Å². The van der Waals surface area contributed by atoms with E-state index >= 15 is 0 Å². The van der Waals surface area contributed by atoms with Gasteiger partial charge < -0.3 is 9.73 Å². The maximum absolute atomic E-state index is 9.32. The number of fused-ring (bicyclic) bond motifs is 1. The third-order valence-corrected chi connectivity index (χ3v) is 3.45. The molecule has 0 amide bonds. The van der Waals surface area contributed by atoms with Gasteiger partial charge in [-0.3, -0.25) is 0 Å². The lowest BCUT2D eigenvalue weighted by Crippen LogP contribution is -1.93. The molecular weight excluding hydrogens is 298 g/mol. The molecule has 0 saturated carbocycles. The van der Waals surface area contributed by atoms with E-state index in [4.69, 9.17) is 16.0 Å². The third kappa shape index (κ3) is 2.80. The Kier molecular flexibility index (Phi) is 3.82. The predicted molar refractivity (Wildman–Crippen MR) is 87.4 cm³/mol. The van der Waals surface area contributed by atoms with Crippen molar-refractivity contribution in [1.29, 1.82) is 5.26 Å². The van der Waals surface area contributed by atoms with Crippen molar-refractivity contribution in [2.24, 2.45) is 0 Å². The molecule has 0 saturated heterocycles. The quantitative estimate of drug-likeness (QED) is 0.708. The van der Waals surface area contributed by atoms with Gasteiger partial charge in [-0.1, -0.05) is 29.8 Å². The molecule has 4 nitrogen and oxygen atoms in total. The van der Waals surface area contributed by atoms with Gasteiger partial charge in [0.05, 0.1) is 0 Å². The summed E-state index contributed by atoms with van der Waals surface area (Å²) in [7, 11) is 0. The summed E-state index contributed by atoms with van der Waals surface area (Å²) in [4.78, 5) is 4.30. The van der Waals surface area contributed by atoms with E-state index in [0.717, 1.165) is 11.3 Å². The molecule has 0 bridgehead atoms. The van der Waals surface area contributed by atoms with E-state index in [0.29, 0.717) is 21.7 Å². The molecule has 0 fully saturated rings. The molecule has 3 rings (SSSR count). The first kappa shape index (κ1) is 14.2. The minimum absolute atomic E-state index is 0.265. The van der Waals surface area contributed by atoms with Crippen LogP contribution in [0.5, 0.6) is 0 Å². The van der Waals surface area contributed by atoms with Crippen molar-refractivity contribution in [1.82, 2.24) is 4.98 Å². The van der Waals surface area contributed by atoms with E-state index in [1.54, 1.807) is 24.4 Å². The third-order valence-electron chi connectivity index (χ3n) is 3.22. The van der Waals surface area contributed by atoms with Gasteiger partial charge >= 0.3 is 0 Å². The zero-order valence-electron chi connectivity index (χ0n) is 11.8. The van der Waals surface area contributed by atoms with Crippen LogP contribution >= 0.6 is 11.6 Å². The molecule has 0 atom stereocenters. The number of nitriles is 1. The Morgan fingerprint density at radius 1 is 1.32 bits per heavy atom. The molecule has 0 radical (unpaired) electrons. The zero-order chi connectivity index (χ0) is 15.5. The van der Waals surface area contributed by atoms with Crippen molar-refractivity contribution in [2.45, 2.75) is 6.92 Å². The number of hydrogen-bond acceptors (Lipinski definition) is 4. The van der Waals surface area contributed by atoms with Crippen LogP contribution in [0.3, 0.4) is 0 Å². The normalized spacial score (nSPS) is 11.4. The van der Waals surface area contributed by atoms with Gasteiger partial charge in [-0.15, -0.1) is 0 Å². The highest BCUT2D eigenvalue weighted by Crippen LogP contribution is 2.24. The van der Waals surface area contributed by atoms with E-state index < -0.39 is 0 Å². The van der Waals surface area contributed by atoms with Gasteiger partial charge in [0, 0.05) is 16.9 Å². The highest BCUT2D eigenvalue weighted by Gasteiger charge is 2.11. The monoisotopic (exact) mass is 309 g/mol. The molecule has 22 heavy (non-hydrogen) atoms. The van der Waals surface area contributed by atoms with Crippen LogP contribution in [0.4, 0.5) is 5.69 Å². The van der Waals surface area contributed by atoms with E-state index in [2.05, 4.69) is 16.4 Å². The van der Waals surface area contributed by atoms with Gasteiger partial charge in [0.25, 0.3) is 0 Å². The van der Waals surface area contributed by atoms with Gasteiger partial charge in [0.2, 0.25) is 5.89 Å². The molecule has 0 aliphatic heterocycles. The molecule has 108 valence electrons. The SMILES string of the molecule is Cc1ccccc1N/C=C(\C#N)c1nc2cc(Cl)ccc2o1. The van der Waals surface area contributed by atoms with Gasteiger partial charge in [-0.2, -0.15) is 5.26 Å². The molecule has 0 aliphatic carbocycles. The first-order valence-corrected chi connectivity index (χ1v) is 7.04. The first-order chi connectivity index (χ1) is 10.7. The number of nitrogens with one attached hydrogen (secondary N) is 1. The second-order valence-corrected chi connectivity index (χ2v) is 5.20. The summed E-state index contributed by atoms with van der Waals surface area (Å²) < 4.78 is 5.59. The summed E-state index contributed by atoms with van der Waals surface area (Å²) in [5.41, 5.74) is 3.54. The lowest BCUT2D eigenvalue weighted by molar-refractivity contribution is 0.586. The average Bonchev–Trinajstić information content (AvgIpc) is 2.92. The fraction of sp³-hybridized carbons (Fsp3) is 0.0588. The summed E-state index contributed by atoms with van der Waals surface area (Å²) in [6.45, 7) is 1.99. The Hall–Kier alpha value is -2.77. The number of para-hydroxylation sites is 1. The van der Waals surface area contributed by atoms with Crippen molar-refractivity contribution >= 4 is 34.0 Å². The lowest BCUT2D eigenvalue weighted by Gasteiger charge is -2.04. The van der Waals surface area contributed by atoms with E-state index in [-0.39, 0.29) is 5.89 Å². The summed E-state index contributed by atoms with van der Waals surface area (Å²) in [5.74, 6) is 0.265. The molecule has 0 spiro atoms. The summed E-state index contributed by atoms with van der Waals surface area (Å²) >= 11 is 5.93. The minimum atomic E-state index is 0.265. The largest absolute Gasteiger partial charge is 0.435 e. The minimum Gasteiger partial charge on any atom is -0.435 e. The maximum Gasteiger partial charge on any atom is 0.239 e. The first-order valence-electron chi connectivity index (χ1n) is 6.66. The number of aromatic nitrogens is 1. The molecule has 2 aromatic carbocycles. The van der Waals surface area contributed by atoms with E-state index in [9.17, 15) is 5.26 Å². The van der Waals surface area contributed by atoms with Crippen LogP contribution in [0.1, 0.15) is 11.5 Å². The topological polar surface area (TPSA) is 61.9 Å². The van der Waals surface area contributed by atoms with Crippen LogP contribution in [0.25, 0.3) is 16.7 Å². The molecule has 1 aromatic heterocycles. The van der Waals surface area contributed by atoms with Gasteiger partial charge in [0.15, 0.2) is 5.58 Å². The van der Waals surface area contributed by atoms with Crippen LogP contribution in [0.15, 0.2) is 53.1 Å².